The number of aliphatic hydroxyl groups is 1. The first kappa shape index (κ1) is 72.3. The Hall–Kier alpha value is -12.6. The zero-order valence-corrected chi connectivity index (χ0v) is 58.6. The van der Waals surface area contributed by atoms with Gasteiger partial charge in [-0.25, -0.2) is 56.2 Å². The second-order valence-electron chi connectivity index (χ2n) is 24.8. The summed E-state index contributed by atoms with van der Waals surface area (Å²) in [4.78, 5) is 114. The van der Waals surface area contributed by atoms with Crippen molar-refractivity contribution in [3.63, 3.8) is 0 Å². The van der Waals surface area contributed by atoms with E-state index in [1.807, 2.05) is 64.9 Å². The van der Waals surface area contributed by atoms with E-state index in [-0.39, 0.29) is 42.9 Å². The van der Waals surface area contributed by atoms with E-state index in [0.717, 1.165) is 115 Å². The number of hydrogen-bond donors (Lipinski definition) is 8. The number of aromatic nitrogens is 12. The Morgan fingerprint density at radius 3 is 1.23 bits per heavy atom. The minimum atomic E-state index is -1.02. The molecule has 0 spiro atoms. The maximum Gasteiger partial charge on any atom is 0.263 e. The van der Waals surface area contributed by atoms with Crippen LogP contribution >= 0.6 is 34.0 Å². The van der Waals surface area contributed by atoms with Gasteiger partial charge in [-0.3, -0.25) is 28.8 Å². The SMILES string of the molecule is NC[C@@H](NC(=O)c1cccn(Cc2ccc(F)c(F)c2)c1=O)c1nc(-c2c[nH]c3ncccc23)cs1.O=C(NC1(c2nc(-c3c[nH]c4ncccc34)cs2)CC1)c1cccn(Cc2ccc(F)c(F)c2)c1=O.O=C(N[C@H](CO)c1nc(-c2c[nH]c3ncccc23)cs1)c1cccn(Cc2ccc(F)c(F)c2)c1=O. The third kappa shape index (κ3) is 15.4. The van der Waals surface area contributed by atoms with Crippen LogP contribution in [0.4, 0.5) is 26.3 Å². The molecule has 2 atom stereocenters. The van der Waals surface area contributed by atoms with Crippen LogP contribution in [-0.4, -0.2) is 94.5 Å². The van der Waals surface area contributed by atoms with E-state index in [4.69, 9.17) is 10.7 Å². The molecule has 12 heterocycles. The second kappa shape index (κ2) is 31.2. The molecule has 1 saturated carbocycles. The summed E-state index contributed by atoms with van der Waals surface area (Å²) in [5.41, 5.74) is 11.6. The number of aromatic amines is 3. The van der Waals surface area contributed by atoms with Gasteiger partial charge in [-0.05, 0) is 139 Å². The zero-order chi connectivity index (χ0) is 75.3. The summed E-state index contributed by atoms with van der Waals surface area (Å²) in [6.45, 7) is -0.408. The van der Waals surface area contributed by atoms with Gasteiger partial charge in [-0.1, -0.05) is 18.2 Å². The van der Waals surface area contributed by atoms with E-state index in [1.54, 1.807) is 36.9 Å². The van der Waals surface area contributed by atoms with Crippen molar-refractivity contribution in [2.24, 2.45) is 5.73 Å². The minimum Gasteiger partial charge on any atom is -0.394 e. The zero-order valence-electron chi connectivity index (χ0n) is 56.1. The van der Waals surface area contributed by atoms with Crippen molar-refractivity contribution in [1.29, 1.82) is 0 Å². The first-order valence-corrected chi connectivity index (χ1v) is 35.8. The summed E-state index contributed by atoms with van der Waals surface area (Å²) in [6, 6.07) is 29.0. The van der Waals surface area contributed by atoms with Gasteiger partial charge in [0.1, 0.15) is 54.7 Å². The van der Waals surface area contributed by atoms with Crippen LogP contribution in [0.25, 0.3) is 66.9 Å². The van der Waals surface area contributed by atoms with Gasteiger partial charge in [0.05, 0.1) is 54.9 Å². The molecule has 12 aromatic heterocycles. The quantitative estimate of drug-likeness (QED) is 0.0329. The van der Waals surface area contributed by atoms with E-state index in [9.17, 15) is 60.2 Å². The van der Waals surface area contributed by atoms with Crippen LogP contribution < -0.4 is 38.4 Å². The van der Waals surface area contributed by atoms with Crippen molar-refractivity contribution < 1.29 is 45.8 Å². The number of amides is 3. The normalized spacial score (nSPS) is 12.8. The smallest absolute Gasteiger partial charge is 0.263 e. The molecule has 3 aromatic carbocycles. The molecular formula is C76H58F6N16O7S3. The molecule has 23 nitrogen and oxygen atoms in total. The van der Waals surface area contributed by atoms with Gasteiger partial charge in [-0.15, -0.1) is 34.0 Å². The van der Waals surface area contributed by atoms with Gasteiger partial charge in [0, 0.05) is 111 Å². The molecule has 0 radical (unpaired) electrons. The van der Waals surface area contributed by atoms with Crippen molar-refractivity contribution in [2.75, 3.05) is 13.2 Å². The molecule has 0 bridgehead atoms. The van der Waals surface area contributed by atoms with Crippen molar-refractivity contribution in [3.05, 3.63) is 314 Å². The summed E-state index contributed by atoms with van der Waals surface area (Å²) in [7, 11) is 0. The Bertz CT molecular complexity index is 5860. The van der Waals surface area contributed by atoms with Crippen LogP contribution in [0.15, 0.2) is 214 Å². The standard InChI is InChI=1S/C26H19F2N5O2S.C25H20F2N6O2S.C25H19F2N5O3S/c27-19-6-5-15(11-20(19)28)13-33-10-2-4-17(24(33)35)23(34)32-26(7-8-26)25-31-21(14-36-25)18-12-30-22-16(18)3-1-9-29-22;26-18-6-5-14(9-19(18)27)12-33-8-2-4-16(25(33)35)23(34)31-20(10-28)24-32-21(13-36-24)17-11-30-22-15(17)3-1-7-29-22;26-18-6-5-14(9-19(18)27)11-32-8-2-4-16(25(32)35)23(34)30-20(12-33)24-31-21(13-36-24)17-10-29-22-15(17)3-1-7-28-22/h1-6,9-12,14H,7-8,13H2,(H,29,30)(H,32,34);1-9,11,13,20H,10,12,28H2,(H,29,30)(H,31,34);1-10,13,20,33H,11-12H2,(H,28,29)(H,30,34)/t;2*20-/m.11/s1. The lowest BCUT2D eigenvalue weighted by molar-refractivity contribution is 0.0910. The van der Waals surface area contributed by atoms with E-state index in [2.05, 4.69) is 55.8 Å². The first-order chi connectivity index (χ1) is 52.3. The van der Waals surface area contributed by atoms with Crippen molar-refractivity contribution in [1.82, 2.24) is 74.5 Å². The van der Waals surface area contributed by atoms with Gasteiger partial charge >= 0.3 is 0 Å². The van der Waals surface area contributed by atoms with E-state index in [0.29, 0.717) is 32.4 Å². The Kier molecular flexibility index (Phi) is 20.9. The van der Waals surface area contributed by atoms with Crippen LogP contribution in [-0.2, 0) is 25.2 Å². The summed E-state index contributed by atoms with van der Waals surface area (Å²) in [5.74, 6) is -7.73. The van der Waals surface area contributed by atoms with Gasteiger partial charge in [0.25, 0.3) is 34.4 Å². The number of halogens is 6. The number of nitrogens with one attached hydrogen (secondary N) is 6. The fourth-order valence-electron chi connectivity index (χ4n) is 12.0. The van der Waals surface area contributed by atoms with Crippen molar-refractivity contribution in [3.8, 4) is 33.8 Å². The number of H-pyrrole nitrogens is 3. The average molecular weight is 1520 g/mol. The van der Waals surface area contributed by atoms with E-state index < -0.39 is 93.5 Å². The number of rotatable bonds is 20. The monoisotopic (exact) mass is 1520 g/mol. The third-order valence-electron chi connectivity index (χ3n) is 17.7. The Morgan fingerprint density at radius 1 is 0.481 bits per heavy atom. The fourth-order valence-corrected chi connectivity index (χ4v) is 14.7. The lowest BCUT2D eigenvalue weighted by Gasteiger charge is -2.15. The number of aliphatic hydroxyl groups excluding tert-OH is 1. The highest BCUT2D eigenvalue weighted by molar-refractivity contribution is 7.10. The third-order valence-corrected chi connectivity index (χ3v) is 20.6. The molecule has 9 N–H and O–H groups in total. The number of carbonyl (C=O) groups excluding carboxylic acids is 3. The topological polar surface area (TPSA) is 324 Å². The number of nitrogens with zero attached hydrogens (tertiary/aromatic N) is 9. The molecule has 108 heavy (non-hydrogen) atoms. The van der Waals surface area contributed by atoms with Gasteiger partial charge in [-0.2, -0.15) is 0 Å². The lowest BCUT2D eigenvalue weighted by Crippen LogP contribution is -2.39. The van der Waals surface area contributed by atoms with Gasteiger partial charge in [0.2, 0.25) is 0 Å². The summed E-state index contributed by atoms with van der Waals surface area (Å²) in [5, 5.41) is 28.7. The average Bonchev–Trinajstić information content (AvgIpc) is 1.59. The highest BCUT2D eigenvalue weighted by atomic mass is 32.1. The maximum absolute atomic E-state index is 13.6. The molecule has 0 aliphatic heterocycles. The molecule has 0 unspecified atom stereocenters. The molecule has 16 rings (SSSR count). The van der Waals surface area contributed by atoms with Crippen LogP contribution in [0.3, 0.4) is 0 Å². The van der Waals surface area contributed by atoms with E-state index >= 15 is 0 Å². The molecule has 15 aromatic rings. The molecule has 1 aliphatic rings. The van der Waals surface area contributed by atoms with Crippen LogP contribution in [0, 0.1) is 34.9 Å². The van der Waals surface area contributed by atoms with Crippen LogP contribution in [0.1, 0.15) is 87.7 Å². The van der Waals surface area contributed by atoms with Gasteiger partial charge in [0.15, 0.2) is 34.9 Å². The lowest BCUT2D eigenvalue weighted by atomic mass is 10.1. The molecule has 1 fully saturated rings. The number of nitrogens with two attached hydrogens (primary N) is 1. The predicted octanol–water partition coefficient (Wildman–Crippen LogP) is 11.8. The Labute approximate surface area is 618 Å². The Morgan fingerprint density at radius 2 is 0.852 bits per heavy atom. The number of pyridine rings is 6. The number of carbonyl (C=O) groups is 3. The fraction of sp³-hybridized carbons (Fsp3) is 0.132. The second-order valence-corrected chi connectivity index (χ2v) is 27.4. The summed E-state index contributed by atoms with van der Waals surface area (Å²) >= 11 is 4.08. The molecule has 0 saturated heterocycles. The van der Waals surface area contributed by atoms with Crippen LogP contribution in [0.5, 0.6) is 0 Å². The summed E-state index contributed by atoms with van der Waals surface area (Å²) in [6.07, 6.45) is 16.5. The number of hydrogen-bond acceptors (Lipinski definition) is 17. The maximum atomic E-state index is 13.6. The highest BCUT2D eigenvalue weighted by Gasteiger charge is 2.49. The number of benzene rings is 3. The molecular weight excluding hydrogens is 1460 g/mol. The predicted molar refractivity (Wildman–Crippen MR) is 395 cm³/mol. The van der Waals surface area contributed by atoms with Crippen molar-refractivity contribution >= 4 is 84.8 Å². The van der Waals surface area contributed by atoms with Gasteiger partial charge < -0.3 is 55.4 Å². The number of fused-ring (bicyclic) bond motifs is 3. The van der Waals surface area contributed by atoms with Crippen LogP contribution in [0.2, 0.25) is 0 Å². The molecule has 32 heteroatoms. The molecule has 1 aliphatic carbocycles. The van der Waals surface area contributed by atoms with E-state index in [1.165, 1.54) is 109 Å². The highest BCUT2D eigenvalue weighted by Crippen LogP contribution is 2.48. The summed E-state index contributed by atoms with van der Waals surface area (Å²) < 4.78 is 84.1. The Balaban J connectivity index is 0.000000136. The minimum absolute atomic E-state index is 0.0115. The molecule has 3 amide bonds. The number of thiazole rings is 3. The molecule has 544 valence electrons. The van der Waals surface area contributed by atoms with Crippen molar-refractivity contribution in [2.45, 2.75) is 50.1 Å². The first-order valence-electron chi connectivity index (χ1n) is 33.1. The largest absolute Gasteiger partial charge is 0.394 e.